The predicted octanol–water partition coefficient (Wildman–Crippen LogP) is 3.93. The molecule has 1 aromatic carbocycles. The molecular weight excluding hydrogens is 390 g/mol. The fraction of sp³-hybridized carbons (Fsp3) is 0.476. The summed E-state index contributed by atoms with van der Waals surface area (Å²) in [6.45, 7) is 7.17. The third kappa shape index (κ3) is 5.32. The number of likely N-dealkylation sites (tertiary alicyclic amines) is 1. The summed E-state index contributed by atoms with van der Waals surface area (Å²) in [6, 6.07) is 7.66. The molecule has 8 heteroatoms. The van der Waals surface area contributed by atoms with Crippen LogP contribution in [0.25, 0.3) is 0 Å². The summed E-state index contributed by atoms with van der Waals surface area (Å²) in [7, 11) is 0. The summed E-state index contributed by atoms with van der Waals surface area (Å²) in [5.41, 5.74) is 2.61. The second-order valence-electron chi connectivity index (χ2n) is 7.02. The van der Waals surface area contributed by atoms with E-state index in [9.17, 15) is 9.59 Å². The Morgan fingerprint density at radius 3 is 2.66 bits per heavy atom. The quantitative estimate of drug-likeness (QED) is 0.717. The van der Waals surface area contributed by atoms with Crippen LogP contribution in [0.2, 0.25) is 0 Å². The molecule has 3 rings (SSSR count). The Balaban J connectivity index is 1.58. The van der Waals surface area contributed by atoms with Crippen LogP contribution in [0.1, 0.15) is 47.1 Å². The fourth-order valence-corrected chi connectivity index (χ4v) is 4.53. The molecule has 1 aromatic heterocycles. The fourth-order valence-electron chi connectivity index (χ4n) is 3.32. The van der Waals surface area contributed by atoms with Crippen molar-refractivity contribution < 1.29 is 18.8 Å². The minimum Gasteiger partial charge on any atom is -0.450 e. The normalized spacial score (nSPS) is 14.7. The summed E-state index contributed by atoms with van der Waals surface area (Å²) in [4.78, 5) is 27.3. The molecule has 2 amide bonds. The van der Waals surface area contributed by atoms with Gasteiger partial charge in [-0.05, 0) is 45.7 Å². The molecule has 0 atom stereocenters. The van der Waals surface area contributed by atoms with E-state index in [0.717, 1.165) is 34.8 Å². The monoisotopic (exact) mass is 417 g/mol. The SMILES string of the molecule is CCOC(=O)N1CCC(NC(=O)c2ccccc2SCc2c(C)noc2C)CC1. The molecule has 7 nitrogen and oxygen atoms in total. The number of amides is 2. The number of hydrogen-bond acceptors (Lipinski definition) is 6. The molecule has 1 N–H and O–H groups in total. The zero-order chi connectivity index (χ0) is 20.8. The van der Waals surface area contributed by atoms with Crippen LogP contribution in [-0.2, 0) is 10.5 Å². The van der Waals surface area contributed by atoms with Gasteiger partial charge >= 0.3 is 6.09 Å². The van der Waals surface area contributed by atoms with Crippen molar-refractivity contribution in [2.45, 2.75) is 50.3 Å². The number of nitrogens with zero attached hydrogens (tertiary/aromatic N) is 2. The first-order chi connectivity index (χ1) is 14.0. The predicted molar refractivity (Wildman–Crippen MR) is 111 cm³/mol. The van der Waals surface area contributed by atoms with E-state index in [4.69, 9.17) is 9.26 Å². The van der Waals surface area contributed by atoms with E-state index < -0.39 is 0 Å². The highest BCUT2D eigenvalue weighted by molar-refractivity contribution is 7.98. The molecule has 0 unspecified atom stereocenters. The Hall–Kier alpha value is -2.48. The summed E-state index contributed by atoms with van der Waals surface area (Å²) >= 11 is 1.60. The van der Waals surface area contributed by atoms with Gasteiger partial charge in [0, 0.05) is 35.3 Å². The van der Waals surface area contributed by atoms with E-state index in [1.54, 1.807) is 23.6 Å². The maximum Gasteiger partial charge on any atom is 0.409 e. The number of aryl methyl sites for hydroxylation is 2. The number of carbonyl (C=O) groups excluding carboxylic acids is 2. The number of carbonyl (C=O) groups is 2. The number of ether oxygens (including phenoxy) is 1. The summed E-state index contributed by atoms with van der Waals surface area (Å²) in [5, 5.41) is 7.11. The molecule has 1 saturated heterocycles. The molecule has 1 aliphatic rings. The molecule has 1 fully saturated rings. The van der Waals surface area contributed by atoms with Crippen molar-refractivity contribution in [1.29, 1.82) is 0 Å². The van der Waals surface area contributed by atoms with Gasteiger partial charge in [-0.3, -0.25) is 4.79 Å². The Kier molecular flexibility index (Phi) is 7.19. The van der Waals surface area contributed by atoms with Crippen LogP contribution >= 0.6 is 11.8 Å². The first-order valence-corrected chi connectivity index (χ1v) is 10.8. The Morgan fingerprint density at radius 2 is 2.00 bits per heavy atom. The first kappa shape index (κ1) is 21.2. The second kappa shape index (κ2) is 9.82. The lowest BCUT2D eigenvalue weighted by Crippen LogP contribution is -2.46. The lowest BCUT2D eigenvalue weighted by atomic mass is 10.0. The van der Waals surface area contributed by atoms with Gasteiger partial charge in [0.25, 0.3) is 5.91 Å². The molecule has 0 aliphatic carbocycles. The average Bonchev–Trinajstić information content (AvgIpc) is 3.05. The lowest BCUT2D eigenvalue weighted by molar-refractivity contribution is 0.0858. The third-order valence-electron chi connectivity index (χ3n) is 5.04. The molecule has 0 radical (unpaired) electrons. The van der Waals surface area contributed by atoms with E-state index in [-0.39, 0.29) is 18.0 Å². The third-order valence-corrected chi connectivity index (χ3v) is 6.14. The standard InChI is InChI=1S/C21H27N3O4S/c1-4-27-21(26)24-11-9-16(10-12-24)22-20(25)17-7-5-6-8-19(17)29-13-18-14(2)23-28-15(18)3/h5-8,16H,4,9-13H2,1-3H3,(H,22,25). The maximum absolute atomic E-state index is 12.9. The van der Waals surface area contributed by atoms with E-state index in [0.29, 0.717) is 31.0 Å². The van der Waals surface area contributed by atoms with Crippen LogP contribution in [-0.4, -0.2) is 47.8 Å². The van der Waals surface area contributed by atoms with Gasteiger partial charge in [0.05, 0.1) is 17.9 Å². The van der Waals surface area contributed by atoms with Gasteiger partial charge in [0.15, 0.2) is 0 Å². The lowest BCUT2D eigenvalue weighted by Gasteiger charge is -2.31. The Labute approximate surface area is 175 Å². The van der Waals surface area contributed by atoms with Crippen molar-refractivity contribution in [3.8, 4) is 0 Å². The average molecular weight is 418 g/mol. The minimum atomic E-state index is -0.279. The van der Waals surface area contributed by atoms with Gasteiger partial charge in [0.2, 0.25) is 0 Å². The van der Waals surface area contributed by atoms with E-state index in [1.807, 2.05) is 38.1 Å². The van der Waals surface area contributed by atoms with Crippen molar-refractivity contribution in [3.05, 3.63) is 46.8 Å². The number of hydrogen-bond donors (Lipinski definition) is 1. The smallest absolute Gasteiger partial charge is 0.409 e. The van der Waals surface area contributed by atoms with Gasteiger partial charge in [-0.1, -0.05) is 17.3 Å². The van der Waals surface area contributed by atoms with Crippen molar-refractivity contribution in [2.24, 2.45) is 0 Å². The van der Waals surface area contributed by atoms with Gasteiger partial charge < -0.3 is 19.5 Å². The van der Waals surface area contributed by atoms with Crippen LogP contribution in [0, 0.1) is 13.8 Å². The van der Waals surface area contributed by atoms with E-state index in [2.05, 4.69) is 10.5 Å². The maximum atomic E-state index is 12.9. The van der Waals surface area contributed by atoms with E-state index >= 15 is 0 Å². The summed E-state index contributed by atoms with van der Waals surface area (Å²) in [5.74, 6) is 1.43. The van der Waals surface area contributed by atoms with Crippen molar-refractivity contribution in [1.82, 2.24) is 15.4 Å². The molecule has 0 spiro atoms. The topological polar surface area (TPSA) is 84.7 Å². The second-order valence-corrected chi connectivity index (χ2v) is 8.04. The number of aromatic nitrogens is 1. The van der Waals surface area contributed by atoms with Crippen molar-refractivity contribution in [2.75, 3.05) is 19.7 Å². The van der Waals surface area contributed by atoms with E-state index in [1.165, 1.54) is 0 Å². The number of benzene rings is 1. The van der Waals surface area contributed by atoms with Crippen molar-refractivity contribution >= 4 is 23.8 Å². The zero-order valence-electron chi connectivity index (χ0n) is 17.1. The zero-order valence-corrected chi connectivity index (χ0v) is 17.9. The van der Waals surface area contributed by atoms with Gasteiger partial charge in [-0.2, -0.15) is 0 Å². The first-order valence-electron chi connectivity index (χ1n) is 9.85. The number of piperidine rings is 1. The molecule has 0 saturated carbocycles. The highest BCUT2D eigenvalue weighted by Crippen LogP contribution is 2.29. The molecule has 29 heavy (non-hydrogen) atoms. The largest absolute Gasteiger partial charge is 0.450 e. The Morgan fingerprint density at radius 1 is 1.28 bits per heavy atom. The molecule has 2 heterocycles. The highest BCUT2D eigenvalue weighted by atomic mass is 32.2. The number of nitrogens with one attached hydrogen (secondary N) is 1. The van der Waals surface area contributed by atoms with Gasteiger partial charge in [-0.25, -0.2) is 4.79 Å². The number of thioether (sulfide) groups is 1. The minimum absolute atomic E-state index is 0.0498. The molecule has 156 valence electrons. The van der Waals surface area contributed by atoms with Crippen LogP contribution in [0.5, 0.6) is 0 Å². The van der Waals surface area contributed by atoms with Gasteiger partial charge in [-0.15, -0.1) is 11.8 Å². The van der Waals surface area contributed by atoms with Gasteiger partial charge in [0.1, 0.15) is 5.76 Å². The van der Waals surface area contributed by atoms with Crippen LogP contribution in [0.3, 0.4) is 0 Å². The highest BCUT2D eigenvalue weighted by Gasteiger charge is 2.25. The summed E-state index contributed by atoms with van der Waals surface area (Å²) < 4.78 is 10.3. The summed E-state index contributed by atoms with van der Waals surface area (Å²) in [6.07, 6.45) is 1.16. The van der Waals surface area contributed by atoms with Crippen LogP contribution in [0.15, 0.2) is 33.7 Å². The molecule has 0 bridgehead atoms. The number of rotatable bonds is 6. The molecule has 1 aliphatic heterocycles. The van der Waals surface area contributed by atoms with Crippen LogP contribution < -0.4 is 5.32 Å². The van der Waals surface area contributed by atoms with Crippen LogP contribution in [0.4, 0.5) is 4.79 Å². The molecule has 2 aromatic rings. The van der Waals surface area contributed by atoms with Crippen molar-refractivity contribution in [3.63, 3.8) is 0 Å². The Bertz CT molecular complexity index is 840. The molecular formula is C21H27N3O4S.